The fraction of sp³-hybridized carbons (Fsp3) is 0.286. The van der Waals surface area contributed by atoms with Gasteiger partial charge in [-0.05, 0) is 19.1 Å². The number of non-ortho nitro benzene ring substituents is 1. The van der Waals surface area contributed by atoms with E-state index < -0.39 is 22.5 Å². The van der Waals surface area contributed by atoms with E-state index in [0.717, 1.165) is 12.1 Å². The molecule has 0 saturated carbocycles. The first-order chi connectivity index (χ1) is 15.1. The van der Waals surface area contributed by atoms with E-state index in [-0.39, 0.29) is 34.9 Å². The third-order valence-corrected chi connectivity index (χ3v) is 4.36. The molecule has 0 unspecified atom stereocenters. The summed E-state index contributed by atoms with van der Waals surface area (Å²) in [7, 11) is 0. The number of carbonyl (C=O) groups excluding carboxylic acids is 2. The van der Waals surface area contributed by atoms with Gasteiger partial charge in [0, 0.05) is 41.6 Å². The summed E-state index contributed by atoms with van der Waals surface area (Å²) in [4.78, 5) is 44.1. The van der Waals surface area contributed by atoms with Crippen LogP contribution in [0.3, 0.4) is 0 Å². The second kappa shape index (κ2) is 8.92. The second-order valence-corrected chi connectivity index (χ2v) is 7.83. The van der Waals surface area contributed by atoms with Crippen LogP contribution in [0.5, 0.6) is 0 Å². The van der Waals surface area contributed by atoms with Gasteiger partial charge in [-0.1, -0.05) is 20.8 Å². The monoisotopic (exact) mass is 438 g/mol. The second-order valence-electron chi connectivity index (χ2n) is 7.83. The van der Waals surface area contributed by atoms with E-state index in [1.54, 1.807) is 31.5 Å². The van der Waals surface area contributed by atoms with Gasteiger partial charge in [-0.15, -0.1) is 0 Å². The average Bonchev–Trinajstić information content (AvgIpc) is 3.18. The summed E-state index contributed by atoms with van der Waals surface area (Å²) in [6, 6.07) is 6.72. The first-order valence-corrected chi connectivity index (χ1v) is 9.76. The molecule has 0 radical (unpaired) electrons. The Labute approximate surface area is 183 Å². The first-order valence-electron chi connectivity index (χ1n) is 9.76. The molecule has 3 aromatic rings. The van der Waals surface area contributed by atoms with E-state index in [9.17, 15) is 19.7 Å². The highest BCUT2D eigenvalue weighted by Gasteiger charge is 2.24. The van der Waals surface area contributed by atoms with E-state index >= 15 is 0 Å². The Morgan fingerprint density at radius 2 is 1.78 bits per heavy atom. The Morgan fingerprint density at radius 1 is 1.12 bits per heavy atom. The number of nitrogens with zero attached hydrogens (tertiary/aromatic N) is 5. The minimum absolute atomic E-state index is 0.0821. The molecule has 0 saturated heterocycles. The SMILES string of the molecule is CCOC(=O)c1cc(C(=O)Nc2cc(C(C)(C)C)nn2-c2ncccn2)cc([N+](=O)[O-])c1. The maximum absolute atomic E-state index is 13.0. The van der Waals surface area contributed by atoms with Gasteiger partial charge in [0.1, 0.15) is 5.82 Å². The number of rotatable bonds is 6. The van der Waals surface area contributed by atoms with Crippen LogP contribution in [-0.2, 0) is 10.2 Å². The van der Waals surface area contributed by atoms with Crippen molar-refractivity contribution in [3.63, 3.8) is 0 Å². The third-order valence-electron chi connectivity index (χ3n) is 4.36. The number of aromatic nitrogens is 4. The number of nitrogens with one attached hydrogen (secondary N) is 1. The number of benzene rings is 1. The molecular formula is C21H22N6O5. The van der Waals surface area contributed by atoms with Crippen molar-refractivity contribution in [1.29, 1.82) is 0 Å². The minimum Gasteiger partial charge on any atom is -0.462 e. The molecule has 3 rings (SSSR count). The fourth-order valence-corrected chi connectivity index (χ4v) is 2.76. The number of esters is 1. The molecular weight excluding hydrogens is 416 g/mol. The van der Waals surface area contributed by atoms with Crippen LogP contribution in [0.1, 0.15) is 54.1 Å². The quantitative estimate of drug-likeness (QED) is 0.351. The Bertz CT molecular complexity index is 1170. The molecule has 0 aliphatic rings. The number of nitro groups is 1. The van der Waals surface area contributed by atoms with Gasteiger partial charge in [-0.25, -0.2) is 14.8 Å². The van der Waals surface area contributed by atoms with E-state index in [1.165, 1.54) is 10.7 Å². The highest BCUT2D eigenvalue weighted by molar-refractivity contribution is 6.06. The van der Waals surface area contributed by atoms with Gasteiger partial charge in [0.05, 0.1) is 22.8 Å². The number of amides is 1. The maximum Gasteiger partial charge on any atom is 0.338 e. The molecule has 0 aliphatic carbocycles. The normalized spacial score (nSPS) is 11.1. The van der Waals surface area contributed by atoms with Crippen molar-refractivity contribution < 1.29 is 19.2 Å². The number of ether oxygens (including phenoxy) is 1. The highest BCUT2D eigenvalue weighted by Crippen LogP contribution is 2.26. The average molecular weight is 438 g/mol. The van der Waals surface area contributed by atoms with Crippen LogP contribution >= 0.6 is 0 Å². The van der Waals surface area contributed by atoms with E-state index in [0.29, 0.717) is 5.69 Å². The van der Waals surface area contributed by atoms with Crippen molar-refractivity contribution in [2.24, 2.45) is 0 Å². The summed E-state index contributed by atoms with van der Waals surface area (Å²) < 4.78 is 6.29. The van der Waals surface area contributed by atoms with Gasteiger partial charge in [0.15, 0.2) is 0 Å². The van der Waals surface area contributed by atoms with E-state index in [2.05, 4.69) is 20.4 Å². The van der Waals surface area contributed by atoms with Gasteiger partial charge in [-0.2, -0.15) is 9.78 Å². The lowest BCUT2D eigenvalue weighted by molar-refractivity contribution is -0.384. The largest absolute Gasteiger partial charge is 0.462 e. The van der Waals surface area contributed by atoms with Crippen molar-refractivity contribution in [3.05, 3.63) is 69.7 Å². The summed E-state index contributed by atoms with van der Waals surface area (Å²) in [6.45, 7) is 7.59. The Morgan fingerprint density at radius 3 is 2.38 bits per heavy atom. The van der Waals surface area contributed by atoms with Crippen LogP contribution in [0.4, 0.5) is 11.5 Å². The summed E-state index contributed by atoms with van der Waals surface area (Å²) >= 11 is 0. The van der Waals surface area contributed by atoms with Crippen molar-refractivity contribution in [2.75, 3.05) is 11.9 Å². The van der Waals surface area contributed by atoms with Crippen LogP contribution in [0, 0.1) is 10.1 Å². The molecule has 1 N–H and O–H groups in total. The first kappa shape index (κ1) is 22.5. The van der Waals surface area contributed by atoms with Crippen LogP contribution in [0.25, 0.3) is 5.95 Å². The predicted molar refractivity (Wildman–Crippen MR) is 115 cm³/mol. The molecule has 0 aliphatic heterocycles. The summed E-state index contributed by atoms with van der Waals surface area (Å²) in [5.74, 6) is -0.917. The number of hydrogen-bond donors (Lipinski definition) is 1. The molecule has 2 aromatic heterocycles. The molecule has 0 spiro atoms. The van der Waals surface area contributed by atoms with E-state index in [4.69, 9.17) is 4.74 Å². The zero-order chi connectivity index (χ0) is 23.5. The maximum atomic E-state index is 13.0. The van der Waals surface area contributed by atoms with Crippen molar-refractivity contribution in [2.45, 2.75) is 33.1 Å². The molecule has 1 aromatic carbocycles. The van der Waals surface area contributed by atoms with Crippen LogP contribution in [0.15, 0.2) is 42.7 Å². The molecule has 11 nitrogen and oxygen atoms in total. The van der Waals surface area contributed by atoms with Gasteiger partial charge >= 0.3 is 5.97 Å². The molecule has 0 atom stereocenters. The van der Waals surface area contributed by atoms with Gasteiger partial charge in [0.25, 0.3) is 17.5 Å². The fourth-order valence-electron chi connectivity index (χ4n) is 2.76. The molecule has 2 heterocycles. The topological polar surface area (TPSA) is 142 Å². The minimum atomic E-state index is -0.761. The number of carbonyl (C=O) groups is 2. The lowest BCUT2D eigenvalue weighted by Gasteiger charge is -2.13. The lowest BCUT2D eigenvalue weighted by atomic mass is 9.92. The van der Waals surface area contributed by atoms with Gasteiger partial charge < -0.3 is 10.1 Å². The summed E-state index contributed by atoms with van der Waals surface area (Å²) in [6.07, 6.45) is 3.08. The third kappa shape index (κ3) is 4.94. The zero-order valence-corrected chi connectivity index (χ0v) is 18.0. The smallest absolute Gasteiger partial charge is 0.338 e. The standard InChI is InChI=1S/C21H22N6O5/c1-5-32-19(29)14-9-13(10-15(11-14)27(30)31)18(28)24-17-12-16(21(2,3)4)25-26(17)20-22-7-6-8-23-20/h6-12H,5H2,1-4H3,(H,24,28). The molecule has 0 bridgehead atoms. The van der Waals surface area contributed by atoms with Crippen molar-refractivity contribution in [3.8, 4) is 5.95 Å². The van der Waals surface area contributed by atoms with Crippen LogP contribution in [-0.4, -0.2) is 43.2 Å². The highest BCUT2D eigenvalue weighted by atomic mass is 16.6. The molecule has 0 fully saturated rings. The van der Waals surface area contributed by atoms with Crippen LogP contribution < -0.4 is 5.32 Å². The zero-order valence-electron chi connectivity index (χ0n) is 18.0. The predicted octanol–water partition coefficient (Wildman–Crippen LogP) is 3.30. The van der Waals surface area contributed by atoms with E-state index in [1.807, 2.05) is 20.8 Å². The summed E-state index contributed by atoms with van der Waals surface area (Å²) in [5, 5.41) is 18.5. The molecule has 166 valence electrons. The number of nitro benzene ring substituents is 1. The lowest BCUT2D eigenvalue weighted by Crippen LogP contribution is -2.17. The van der Waals surface area contributed by atoms with Crippen LogP contribution in [0.2, 0.25) is 0 Å². The van der Waals surface area contributed by atoms with Crippen molar-refractivity contribution >= 4 is 23.4 Å². The Kier molecular flexibility index (Phi) is 6.28. The summed E-state index contributed by atoms with van der Waals surface area (Å²) in [5.41, 5.74) is -0.243. The van der Waals surface area contributed by atoms with Gasteiger partial charge in [0.2, 0.25) is 0 Å². The number of anilines is 1. The Hall–Kier alpha value is -4.15. The Balaban J connectivity index is 2.02. The van der Waals surface area contributed by atoms with Gasteiger partial charge in [-0.3, -0.25) is 14.9 Å². The van der Waals surface area contributed by atoms with Crippen molar-refractivity contribution in [1.82, 2.24) is 19.7 Å². The number of hydrogen-bond acceptors (Lipinski definition) is 8. The molecule has 11 heteroatoms. The molecule has 1 amide bonds. The molecule has 32 heavy (non-hydrogen) atoms.